The van der Waals surface area contributed by atoms with Crippen LogP contribution < -0.4 is 10.6 Å². The van der Waals surface area contributed by atoms with E-state index in [1.54, 1.807) is 6.20 Å². The van der Waals surface area contributed by atoms with E-state index in [0.29, 0.717) is 6.54 Å². The van der Waals surface area contributed by atoms with Gasteiger partial charge in [0.1, 0.15) is 0 Å². The maximum atomic E-state index is 12.3. The van der Waals surface area contributed by atoms with Crippen LogP contribution in [-0.4, -0.2) is 76.9 Å². The molecule has 146 valence electrons. The molecule has 0 bridgehead atoms. The molecule has 8 heteroatoms. The van der Waals surface area contributed by atoms with Gasteiger partial charge in [0, 0.05) is 56.9 Å². The Bertz CT molecular complexity index is 958. The van der Waals surface area contributed by atoms with Crippen LogP contribution in [0.1, 0.15) is 0 Å². The number of aromatic nitrogens is 3. The van der Waals surface area contributed by atoms with Crippen LogP contribution in [0.15, 0.2) is 42.9 Å². The van der Waals surface area contributed by atoms with E-state index in [1.165, 1.54) is 0 Å². The van der Waals surface area contributed by atoms with Crippen molar-refractivity contribution in [2.75, 3.05) is 57.5 Å². The number of rotatable bonds is 5. The number of piperazine rings is 1. The average Bonchev–Trinajstić information content (AvgIpc) is 3.14. The molecule has 28 heavy (non-hydrogen) atoms. The fraction of sp³-hybridized carbons (Fsp3) is 0.350. The summed E-state index contributed by atoms with van der Waals surface area (Å²) in [6, 6.07) is 7.84. The first kappa shape index (κ1) is 18.4. The first-order chi connectivity index (χ1) is 13.6. The largest absolute Gasteiger partial charge is 0.370 e. The molecule has 0 spiro atoms. The number of carbonyl (C=O) groups excluding carboxylic acids is 1. The first-order valence-electron chi connectivity index (χ1n) is 9.45. The van der Waals surface area contributed by atoms with Gasteiger partial charge in [0.25, 0.3) is 0 Å². The van der Waals surface area contributed by atoms with Crippen LogP contribution >= 0.6 is 0 Å². The molecule has 1 aliphatic heterocycles. The van der Waals surface area contributed by atoms with Crippen molar-refractivity contribution in [3.63, 3.8) is 0 Å². The van der Waals surface area contributed by atoms with Crippen molar-refractivity contribution in [1.82, 2.24) is 24.2 Å². The minimum Gasteiger partial charge on any atom is -0.370 e. The quantitative estimate of drug-likeness (QED) is 0.702. The molecule has 1 saturated heterocycles. The second kappa shape index (κ2) is 7.95. The van der Waals surface area contributed by atoms with Crippen LogP contribution in [-0.2, 0) is 4.79 Å². The molecule has 0 atom stereocenters. The second-order valence-electron chi connectivity index (χ2n) is 7.07. The van der Waals surface area contributed by atoms with Gasteiger partial charge in [-0.15, -0.1) is 0 Å². The van der Waals surface area contributed by atoms with Gasteiger partial charge in [-0.3, -0.25) is 14.1 Å². The zero-order valence-corrected chi connectivity index (χ0v) is 16.2. The lowest BCUT2D eigenvalue weighted by molar-refractivity contribution is -0.117. The molecule has 1 aliphatic rings. The van der Waals surface area contributed by atoms with Crippen molar-refractivity contribution in [1.29, 1.82) is 0 Å². The van der Waals surface area contributed by atoms with Gasteiger partial charge in [-0.1, -0.05) is 12.1 Å². The lowest BCUT2D eigenvalue weighted by atomic mass is 10.1. The zero-order chi connectivity index (χ0) is 19.5. The van der Waals surface area contributed by atoms with Crippen molar-refractivity contribution < 1.29 is 4.79 Å². The Morgan fingerprint density at radius 2 is 1.86 bits per heavy atom. The van der Waals surface area contributed by atoms with Gasteiger partial charge >= 0.3 is 0 Å². The van der Waals surface area contributed by atoms with Crippen LogP contribution in [0.5, 0.6) is 0 Å². The van der Waals surface area contributed by atoms with Crippen molar-refractivity contribution in [3.8, 4) is 11.3 Å². The van der Waals surface area contributed by atoms with Gasteiger partial charge in [-0.2, -0.15) is 0 Å². The number of anilines is 2. The first-order valence-corrected chi connectivity index (χ1v) is 9.45. The maximum Gasteiger partial charge on any atom is 0.238 e. The van der Waals surface area contributed by atoms with Crippen LogP contribution in [0.4, 0.5) is 11.5 Å². The molecular formula is C20H25N7O. The van der Waals surface area contributed by atoms with Gasteiger partial charge in [-0.05, 0) is 19.2 Å². The minimum atomic E-state index is 0.0249. The lowest BCUT2D eigenvalue weighted by Crippen LogP contribution is -2.47. The third-order valence-electron chi connectivity index (χ3n) is 5.09. The normalized spacial score (nSPS) is 15.6. The van der Waals surface area contributed by atoms with Gasteiger partial charge in [-0.25, -0.2) is 9.97 Å². The highest BCUT2D eigenvalue weighted by Crippen LogP contribution is 2.24. The van der Waals surface area contributed by atoms with Crippen LogP contribution in [0.3, 0.4) is 0 Å². The third-order valence-corrected chi connectivity index (χ3v) is 5.09. The average molecular weight is 379 g/mol. The third kappa shape index (κ3) is 3.83. The van der Waals surface area contributed by atoms with Crippen molar-refractivity contribution in [2.24, 2.45) is 0 Å². The van der Waals surface area contributed by atoms with Crippen molar-refractivity contribution in [2.45, 2.75) is 0 Å². The summed E-state index contributed by atoms with van der Waals surface area (Å²) in [7, 11) is 3.94. The number of benzene rings is 1. The van der Waals surface area contributed by atoms with E-state index in [9.17, 15) is 4.79 Å². The number of fused-ring (bicyclic) bond motifs is 1. The molecule has 0 saturated carbocycles. The Labute approximate surface area is 164 Å². The molecule has 4 rings (SSSR count). The number of amides is 1. The fourth-order valence-corrected chi connectivity index (χ4v) is 3.44. The van der Waals surface area contributed by atoms with Crippen LogP contribution in [0.2, 0.25) is 0 Å². The maximum absolute atomic E-state index is 12.3. The summed E-state index contributed by atoms with van der Waals surface area (Å²) in [4.78, 5) is 25.5. The lowest BCUT2D eigenvalue weighted by Gasteiger charge is -2.31. The summed E-state index contributed by atoms with van der Waals surface area (Å²) in [5.74, 6) is 0.762. The number of likely N-dealkylation sites (N-methyl/N-ethyl adjacent to an activating group) is 1. The molecule has 1 aromatic carbocycles. The van der Waals surface area contributed by atoms with E-state index < -0.39 is 0 Å². The topological polar surface area (TPSA) is 77.8 Å². The second-order valence-corrected chi connectivity index (χ2v) is 7.07. The van der Waals surface area contributed by atoms with Crippen molar-refractivity contribution >= 4 is 23.1 Å². The number of hydrogen-bond donors (Lipinski definition) is 2. The van der Waals surface area contributed by atoms with Gasteiger partial charge in [0.15, 0.2) is 11.5 Å². The Hall–Kier alpha value is -2.97. The molecule has 3 aromatic rings. The zero-order valence-electron chi connectivity index (χ0n) is 16.2. The molecule has 3 heterocycles. The summed E-state index contributed by atoms with van der Waals surface area (Å²) in [6.45, 7) is 4.31. The van der Waals surface area contributed by atoms with E-state index in [-0.39, 0.29) is 5.91 Å². The molecule has 1 amide bonds. The fourth-order valence-electron chi connectivity index (χ4n) is 3.44. The predicted molar refractivity (Wildman–Crippen MR) is 111 cm³/mol. The number of imidazole rings is 1. The van der Waals surface area contributed by atoms with Crippen molar-refractivity contribution in [3.05, 3.63) is 42.9 Å². The SMILES string of the molecule is CNc1nccn2c(-c3ccc(NC(=O)CN4CCN(C)CC4)cc3)cnc12. The van der Waals surface area contributed by atoms with Gasteiger partial charge in [0.05, 0.1) is 18.4 Å². The number of carbonyl (C=O) groups is 1. The van der Waals surface area contributed by atoms with E-state index >= 15 is 0 Å². The molecule has 1 fully saturated rings. The molecular weight excluding hydrogens is 354 g/mol. The standard InChI is InChI=1S/C20H25N7O/c1-21-19-20-23-13-17(27(20)8-7-22-19)15-3-5-16(6-4-15)24-18(28)14-26-11-9-25(2)10-12-26/h3-8,13H,9-12,14H2,1-2H3,(H,21,22)(H,24,28). The summed E-state index contributed by atoms with van der Waals surface area (Å²) in [6.07, 6.45) is 5.47. The molecule has 8 nitrogen and oxygen atoms in total. The Morgan fingerprint density at radius 3 is 2.57 bits per heavy atom. The van der Waals surface area contributed by atoms with E-state index in [4.69, 9.17) is 0 Å². The highest BCUT2D eigenvalue weighted by Gasteiger charge is 2.16. The number of hydrogen-bond acceptors (Lipinski definition) is 6. The van der Waals surface area contributed by atoms with E-state index in [0.717, 1.165) is 54.6 Å². The van der Waals surface area contributed by atoms with E-state index in [2.05, 4.69) is 37.4 Å². The number of nitrogens with one attached hydrogen (secondary N) is 2. The number of nitrogens with zero attached hydrogens (tertiary/aromatic N) is 5. The molecule has 2 aromatic heterocycles. The summed E-state index contributed by atoms with van der Waals surface area (Å²) in [5.41, 5.74) is 3.58. The molecule has 0 radical (unpaired) electrons. The predicted octanol–water partition coefficient (Wildman–Crippen LogP) is 1.62. The van der Waals surface area contributed by atoms with Crippen LogP contribution in [0.25, 0.3) is 16.9 Å². The Kier molecular flexibility index (Phi) is 5.23. The highest BCUT2D eigenvalue weighted by atomic mass is 16.2. The monoisotopic (exact) mass is 379 g/mol. The van der Waals surface area contributed by atoms with Crippen LogP contribution in [0, 0.1) is 0 Å². The summed E-state index contributed by atoms with van der Waals surface area (Å²) >= 11 is 0. The molecule has 2 N–H and O–H groups in total. The molecule has 0 aliphatic carbocycles. The minimum absolute atomic E-state index is 0.0249. The summed E-state index contributed by atoms with van der Waals surface area (Å²) in [5, 5.41) is 6.04. The Morgan fingerprint density at radius 1 is 1.11 bits per heavy atom. The summed E-state index contributed by atoms with van der Waals surface area (Å²) < 4.78 is 2.00. The van der Waals surface area contributed by atoms with E-state index in [1.807, 2.05) is 48.1 Å². The van der Waals surface area contributed by atoms with Gasteiger partial charge in [0.2, 0.25) is 5.91 Å². The Balaban J connectivity index is 1.44. The molecule has 0 unspecified atom stereocenters. The highest BCUT2D eigenvalue weighted by molar-refractivity contribution is 5.92. The van der Waals surface area contributed by atoms with Gasteiger partial charge < -0.3 is 15.5 Å². The smallest absolute Gasteiger partial charge is 0.238 e.